The zero-order chi connectivity index (χ0) is 5.98. The largest absolute Gasteiger partial charge is 0.304 e. The van der Waals surface area contributed by atoms with E-state index >= 15 is 0 Å². The Morgan fingerprint density at radius 1 is 1.88 bits per heavy atom. The zero-order valence-corrected chi connectivity index (χ0v) is 4.68. The molecular formula is C6H9NO. The van der Waals surface area contributed by atoms with Crippen LogP contribution in [0.5, 0.6) is 0 Å². The molecule has 0 saturated carbocycles. The summed E-state index contributed by atoms with van der Waals surface area (Å²) in [5, 5.41) is 2.99. The zero-order valence-electron chi connectivity index (χ0n) is 4.68. The van der Waals surface area contributed by atoms with Crippen molar-refractivity contribution in [1.82, 2.24) is 5.32 Å². The molecule has 1 rings (SSSR count). The number of carbonyl (C=O) groups is 1. The standard InChI is InChI=1S/C6H9NO/c1-5-2-3-7-6(5)4-8/h4,6-7H,1-3H2. The fourth-order valence-electron chi connectivity index (χ4n) is 0.832. The van der Waals surface area contributed by atoms with E-state index in [1.54, 1.807) is 0 Å². The molecule has 0 aromatic rings. The van der Waals surface area contributed by atoms with Crippen molar-refractivity contribution in [3.63, 3.8) is 0 Å². The molecule has 1 aliphatic heterocycles. The lowest BCUT2D eigenvalue weighted by Gasteiger charge is -1.97. The van der Waals surface area contributed by atoms with Crippen molar-refractivity contribution in [2.24, 2.45) is 0 Å². The van der Waals surface area contributed by atoms with E-state index in [1.807, 2.05) is 0 Å². The first-order chi connectivity index (χ1) is 3.84. The molecule has 0 amide bonds. The summed E-state index contributed by atoms with van der Waals surface area (Å²) in [4.78, 5) is 10.1. The minimum Gasteiger partial charge on any atom is -0.304 e. The molecule has 0 bridgehead atoms. The molecule has 1 aliphatic rings. The van der Waals surface area contributed by atoms with Gasteiger partial charge in [0.05, 0.1) is 6.04 Å². The smallest absolute Gasteiger partial charge is 0.141 e. The summed E-state index contributed by atoms with van der Waals surface area (Å²) in [6, 6.07) is -0.0602. The normalized spacial score (nSPS) is 28.5. The minimum absolute atomic E-state index is 0.0602. The quantitative estimate of drug-likeness (QED) is 0.384. The van der Waals surface area contributed by atoms with Gasteiger partial charge >= 0.3 is 0 Å². The average molecular weight is 111 g/mol. The van der Waals surface area contributed by atoms with E-state index in [9.17, 15) is 4.79 Å². The third-order valence-corrected chi connectivity index (χ3v) is 1.39. The van der Waals surface area contributed by atoms with Crippen LogP contribution in [-0.2, 0) is 4.79 Å². The summed E-state index contributed by atoms with van der Waals surface area (Å²) in [7, 11) is 0. The van der Waals surface area contributed by atoms with Gasteiger partial charge in [-0.05, 0) is 13.0 Å². The highest BCUT2D eigenvalue weighted by Gasteiger charge is 2.15. The van der Waals surface area contributed by atoms with Crippen LogP contribution in [0.1, 0.15) is 6.42 Å². The second-order valence-corrected chi connectivity index (χ2v) is 1.98. The maximum atomic E-state index is 10.1. The minimum atomic E-state index is -0.0602. The number of aldehydes is 1. The van der Waals surface area contributed by atoms with Gasteiger partial charge < -0.3 is 10.1 Å². The molecule has 0 aromatic carbocycles. The van der Waals surface area contributed by atoms with Gasteiger partial charge in [-0.3, -0.25) is 0 Å². The first-order valence-corrected chi connectivity index (χ1v) is 2.71. The van der Waals surface area contributed by atoms with E-state index in [-0.39, 0.29) is 6.04 Å². The third kappa shape index (κ3) is 0.793. The SMILES string of the molecule is C=C1CCNC1C=O. The maximum Gasteiger partial charge on any atom is 0.141 e. The van der Waals surface area contributed by atoms with Gasteiger partial charge in [-0.2, -0.15) is 0 Å². The van der Waals surface area contributed by atoms with E-state index in [1.165, 1.54) is 0 Å². The van der Waals surface area contributed by atoms with Crippen LogP contribution in [0.15, 0.2) is 12.2 Å². The van der Waals surface area contributed by atoms with Crippen LogP contribution < -0.4 is 5.32 Å². The third-order valence-electron chi connectivity index (χ3n) is 1.39. The van der Waals surface area contributed by atoms with Crippen LogP contribution in [0.25, 0.3) is 0 Å². The molecule has 0 radical (unpaired) electrons. The van der Waals surface area contributed by atoms with Crippen LogP contribution in [0, 0.1) is 0 Å². The molecule has 1 fully saturated rings. The molecule has 0 aliphatic carbocycles. The van der Waals surface area contributed by atoms with Gasteiger partial charge in [-0.15, -0.1) is 0 Å². The van der Waals surface area contributed by atoms with Gasteiger partial charge in [0.2, 0.25) is 0 Å². The van der Waals surface area contributed by atoms with Crippen LogP contribution >= 0.6 is 0 Å². The molecule has 1 atom stereocenters. The molecule has 0 spiro atoms. The van der Waals surface area contributed by atoms with Crippen molar-refractivity contribution in [1.29, 1.82) is 0 Å². The number of hydrogen-bond donors (Lipinski definition) is 1. The summed E-state index contributed by atoms with van der Waals surface area (Å²) < 4.78 is 0. The summed E-state index contributed by atoms with van der Waals surface area (Å²) in [5.74, 6) is 0. The Hall–Kier alpha value is -0.630. The molecule has 44 valence electrons. The summed E-state index contributed by atoms with van der Waals surface area (Å²) in [6.45, 7) is 4.62. The number of carbonyl (C=O) groups excluding carboxylic acids is 1. The molecule has 1 N–H and O–H groups in total. The van der Waals surface area contributed by atoms with Crippen LogP contribution in [0.3, 0.4) is 0 Å². The lowest BCUT2D eigenvalue weighted by Crippen LogP contribution is -2.23. The van der Waals surface area contributed by atoms with Crippen molar-refractivity contribution in [3.8, 4) is 0 Å². The highest BCUT2D eigenvalue weighted by molar-refractivity contribution is 5.63. The van der Waals surface area contributed by atoms with Gasteiger partial charge in [0, 0.05) is 0 Å². The molecule has 1 heterocycles. The molecule has 2 nitrogen and oxygen atoms in total. The van der Waals surface area contributed by atoms with Crippen molar-refractivity contribution in [3.05, 3.63) is 12.2 Å². The lowest BCUT2D eigenvalue weighted by atomic mass is 10.2. The Bertz CT molecular complexity index is 120. The second-order valence-electron chi connectivity index (χ2n) is 1.98. The monoisotopic (exact) mass is 111 g/mol. The molecule has 1 saturated heterocycles. The van der Waals surface area contributed by atoms with Crippen LogP contribution in [0.4, 0.5) is 0 Å². The number of hydrogen-bond acceptors (Lipinski definition) is 2. The van der Waals surface area contributed by atoms with E-state index in [0.717, 1.165) is 24.8 Å². The predicted octanol–water partition coefficient (Wildman–Crippen LogP) is 0.103. The Balaban J connectivity index is 2.54. The Kier molecular flexibility index (Phi) is 1.44. The second kappa shape index (κ2) is 2.09. The highest BCUT2D eigenvalue weighted by Crippen LogP contribution is 2.08. The fraction of sp³-hybridized carbons (Fsp3) is 0.500. The molecule has 0 aromatic heterocycles. The highest BCUT2D eigenvalue weighted by atomic mass is 16.1. The van der Waals surface area contributed by atoms with E-state index in [2.05, 4.69) is 11.9 Å². The number of nitrogens with one attached hydrogen (secondary N) is 1. The number of rotatable bonds is 1. The van der Waals surface area contributed by atoms with Gasteiger partial charge in [0.1, 0.15) is 6.29 Å². The topological polar surface area (TPSA) is 29.1 Å². The average Bonchev–Trinajstić information content (AvgIpc) is 2.14. The van der Waals surface area contributed by atoms with Crippen molar-refractivity contribution < 1.29 is 4.79 Å². The van der Waals surface area contributed by atoms with Gasteiger partial charge in [0.25, 0.3) is 0 Å². The Labute approximate surface area is 48.6 Å². The fourth-order valence-corrected chi connectivity index (χ4v) is 0.832. The molecular weight excluding hydrogens is 102 g/mol. The summed E-state index contributed by atoms with van der Waals surface area (Å²) >= 11 is 0. The maximum absolute atomic E-state index is 10.1. The van der Waals surface area contributed by atoms with E-state index < -0.39 is 0 Å². The van der Waals surface area contributed by atoms with Crippen LogP contribution in [0.2, 0.25) is 0 Å². The van der Waals surface area contributed by atoms with E-state index in [0.29, 0.717) is 0 Å². The first kappa shape index (κ1) is 5.51. The van der Waals surface area contributed by atoms with Crippen molar-refractivity contribution in [2.45, 2.75) is 12.5 Å². The Morgan fingerprint density at radius 3 is 2.88 bits per heavy atom. The molecule has 2 heteroatoms. The van der Waals surface area contributed by atoms with Gasteiger partial charge in [-0.25, -0.2) is 0 Å². The summed E-state index contributed by atoms with van der Waals surface area (Å²) in [5.41, 5.74) is 1.01. The Morgan fingerprint density at radius 2 is 2.62 bits per heavy atom. The molecule has 8 heavy (non-hydrogen) atoms. The lowest BCUT2D eigenvalue weighted by molar-refractivity contribution is -0.108. The van der Waals surface area contributed by atoms with Crippen LogP contribution in [-0.4, -0.2) is 18.9 Å². The van der Waals surface area contributed by atoms with Crippen molar-refractivity contribution in [2.75, 3.05) is 6.54 Å². The van der Waals surface area contributed by atoms with E-state index in [4.69, 9.17) is 0 Å². The van der Waals surface area contributed by atoms with Gasteiger partial charge in [-0.1, -0.05) is 12.2 Å². The summed E-state index contributed by atoms with van der Waals surface area (Å²) in [6.07, 6.45) is 1.85. The predicted molar refractivity (Wildman–Crippen MR) is 31.6 cm³/mol. The molecule has 1 unspecified atom stereocenters. The first-order valence-electron chi connectivity index (χ1n) is 2.71. The van der Waals surface area contributed by atoms with Gasteiger partial charge in [0.15, 0.2) is 0 Å². The van der Waals surface area contributed by atoms with Crippen molar-refractivity contribution >= 4 is 6.29 Å².